The minimum atomic E-state index is -1.03. The Morgan fingerprint density at radius 3 is 2.54 bits per heavy atom. The molecule has 3 aromatic carbocycles. The monoisotopic (exact) mass is 465 g/mol. The molecule has 0 saturated heterocycles. The molecule has 1 atom stereocenters. The molecule has 176 valence electrons. The predicted octanol–water partition coefficient (Wildman–Crippen LogP) is 4.82. The summed E-state index contributed by atoms with van der Waals surface area (Å²) in [5, 5.41) is 14.2. The SMILES string of the molecule is COc1ccc2c(c1)CCc1nc(NC(=O)Cc3ccc(C)cc3)c(C(O)c3ccccc3)nc1-2. The molecule has 0 aliphatic heterocycles. The summed E-state index contributed by atoms with van der Waals surface area (Å²) >= 11 is 0. The van der Waals surface area contributed by atoms with Crippen LogP contribution in [0.5, 0.6) is 5.75 Å². The molecule has 6 nitrogen and oxygen atoms in total. The van der Waals surface area contributed by atoms with Crippen LogP contribution in [0.1, 0.15) is 39.7 Å². The lowest BCUT2D eigenvalue weighted by Gasteiger charge is -2.23. The van der Waals surface area contributed by atoms with Gasteiger partial charge in [-0.15, -0.1) is 0 Å². The van der Waals surface area contributed by atoms with E-state index in [0.29, 0.717) is 23.5 Å². The Morgan fingerprint density at radius 2 is 1.80 bits per heavy atom. The second-order valence-corrected chi connectivity index (χ2v) is 8.80. The van der Waals surface area contributed by atoms with Gasteiger partial charge in [-0.3, -0.25) is 4.79 Å². The van der Waals surface area contributed by atoms with Crippen LogP contribution in [0, 0.1) is 6.92 Å². The van der Waals surface area contributed by atoms with Gasteiger partial charge in [-0.2, -0.15) is 0 Å². The Morgan fingerprint density at radius 1 is 1.03 bits per heavy atom. The molecule has 1 aliphatic carbocycles. The van der Waals surface area contributed by atoms with E-state index in [9.17, 15) is 9.90 Å². The first-order valence-electron chi connectivity index (χ1n) is 11.7. The van der Waals surface area contributed by atoms with E-state index in [1.54, 1.807) is 7.11 Å². The fourth-order valence-electron chi connectivity index (χ4n) is 4.40. The molecular formula is C29H27N3O3. The zero-order valence-electron chi connectivity index (χ0n) is 19.8. The number of carbonyl (C=O) groups excluding carboxylic acids is 1. The number of hydrogen-bond acceptors (Lipinski definition) is 5. The molecule has 1 aliphatic rings. The topological polar surface area (TPSA) is 84.3 Å². The van der Waals surface area contributed by atoms with Crippen molar-refractivity contribution < 1.29 is 14.6 Å². The van der Waals surface area contributed by atoms with Gasteiger partial charge in [0.1, 0.15) is 17.5 Å². The van der Waals surface area contributed by atoms with Gasteiger partial charge < -0.3 is 15.2 Å². The van der Waals surface area contributed by atoms with Crippen LogP contribution < -0.4 is 10.1 Å². The maximum absolute atomic E-state index is 12.9. The number of hydrogen-bond donors (Lipinski definition) is 2. The summed E-state index contributed by atoms with van der Waals surface area (Å²) in [6.45, 7) is 2.01. The summed E-state index contributed by atoms with van der Waals surface area (Å²) in [6.07, 6.45) is 0.659. The zero-order valence-corrected chi connectivity index (χ0v) is 19.8. The molecule has 0 fully saturated rings. The number of rotatable bonds is 6. The Kier molecular flexibility index (Phi) is 6.29. The Hall–Kier alpha value is -4.03. The first-order chi connectivity index (χ1) is 17.0. The maximum Gasteiger partial charge on any atom is 0.229 e. The summed E-state index contributed by atoms with van der Waals surface area (Å²) in [5.41, 5.74) is 6.69. The van der Waals surface area contributed by atoms with E-state index < -0.39 is 6.10 Å². The van der Waals surface area contributed by atoms with Crippen molar-refractivity contribution in [2.24, 2.45) is 0 Å². The summed E-state index contributed by atoms with van der Waals surface area (Å²) in [4.78, 5) is 22.6. The van der Waals surface area contributed by atoms with E-state index >= 15 is 0 Å². The van der Waals surface area contributed by atoms with E-state index in [0.717, 1.165) is 45.8 Å². The number of aliphatic hydroxyl groups excluding tert-OH is 1. The lowest BCUT2D eigenvalue weighted by Crippen LogP contribution is -2.21. The highest BCUT2D eigenvalue weighted by Crippen LogP contribution is 2.36. The second-order valence-electron chi connectivity index (χ2n) is 8.80. The van der Waals surface area contributed by atoms with Gasteiger partial charge in [0.2, 0.25) is 5.91 Å². The molecular weight excluding hydrogens is 438 g/mol. The van der Waals surface area contributed by atoms with Crippen molar-refractivity contribution in [3.05, 3.63) is 106 Å². The van der Waals surface area contributed by atoms with Crippen LogP contribution in [-0.2, 0) is 24.1 Å². The third-order valence-corrected chi connectivity index (χ3v) is 6.31. The average Bonchev–Trinajstić information content (AvgIpc) is 2.89. The number of ether oxygens (including phenoxy) is 1. The minimum absolute atomic E-state index is 0.203. The lowest BCUT2D eigenvalue weighted by molar-refractivity contribution is -0.115. The van der Waals surface area contributed by atoms with Gasteiger partial charge in [0.05, 0.1) is 24.9 Å². The van der Waals surface area contributed by atoms with Gasteiger partial charge in [-0.05, 0) is 54.7 Å². The molecule has 1 heterocycles. The number of aromatic nitrogens is 2. The van der Waals surface area contributed by atoms with Crippen LogP contribution in [0.3, 0.4) is 0 Å². The number of aryl methyl sites for hydroxylation is 3. The van der Waals surface area contributed by atoms with Gasteiger partial charge in [0.15, 0.2) is 5.82 Å². The van der Waals surface area contributed by atoms with E-state index in [4.69, 9.17) is 14.7 Å². The van der Waals surface area contributed by atoms with Crippen LogP contribution >= 0.6 is 0 Å². The average molecular weight is 466 g/mol. The fraction of sp³-hybridized carbons (Fsp3) is 0.207. The molecule has 35 heavy (non-hydrogen) atoms. The molecule has 6 heteroatoms. The largest absolute Gasteiger partial charge is 0.497 e. The van der Waals surface area contributed by atoms with Crippen LogP contribution in [0.15, 0.2) is 72.8 Å². The highest BCUT2D eigenvalue weighted by Gasteiger charge is 2.26. The molecule has 1 unspecified atom stereocenters. The number of nitrogens with zero attached hydrogens (tertiary/aromatic N) is 2. The van der Waals surface area contributed by atoms with Crippen molar-refractivity contribution in [2.45, 2.75) is 32.3 Å². The number of amides is 1. The molecule has 1 aromatic heterocycles. The molecule has 5 rings (SSSR count). The Labute approximate surface area is 204 Å². The van der Waals surface area contributed by atoms with Crippen LogP contribution in [0.4, 0.5) is 5.82 Å². The summed E-state index contributed by atoms with van der Waals surface area (Å²) in [7, 11) is 1.65. The first kappa shape index (κ1) is 22.7. The minimum Gasteiger partial charge on any atom is -0.497 e. The van der Waals surface area contributed by atoms with Gasteiger partial charge in [0.25, 0.3) is 0 Å². The van der Waals surface area contributed by atoms with Crippen molar-refractivity contribution >= 4 is 11.7 Å². The lowest BCUT2D eigenvalue weighted by atomic mass is 9.91. The molecule has 2 N–H and O–H groups in total. The van der Waals surface area contributed by atoms with Crippen LogP contribution in [0.25, 0.3) is 11.3 Å². The fourth-order valence-corrected chi connectivity index (χ4v) is 4.40. The normalized spacial score (nSPS) is 12.9. The number of anilines is 1. The number of nitrogens with one attached hydrogen (secondary N) is 1. The van der Waals surface area contributed by atoms with E-state index in [1.165, 1.54) is 0 Å². The first-order valence-corrected chi connectivity index (χ1v) is 11.7. The van der Waals surface area contributed by atoms with E-state index in [1.807, 2.05) is 79.7 Å². The molecule has 0 bridgehead atoms. The van der Waals surface area contributed by atoms with Gasteiger partial charge >= 0.3 is 0 Å². The van der Waals surface area contributed by atoms with Crippen molar-refractivity contribution in [1.29, 1.82) is 0 Å². The van der Waals surface area contributed by atoms with Crippen molar-refractivity contribution in [3.63, 3.8) is 0 Å². The van der Waals surface area contributed by atoms with Crippen molar-refractivity contribution in [2.75, 3.05) is 12.4 Å². The number of carbonyl (C=O) groups is 1. The van der Waals surface area contributed by atoms with Gasteiger partial charge in [-0.1, -0.05) is 60.2 Å². The summed E-state index contributed by atoms with van der Waals surface area (Å²) in [6, 6.07) is 23.0. The van der Waals surface area contributed by atoms with Gasteiger partial charge in [0, 0.05) is 5.56 Å². The standard InChI is InChI=1S/C29H27N3O3/c1-18-8-10-19(11-9-18)16-25(33)31-29-27(28(34)20-6-4-3-5-7-20)32-26-23-14-13-22(35-2)17-21(23)12-15-24(26)30-29/h3-11,13-14,17,28,34H,12,15-16H2,1-2H3,(H,30,31,33). The van der Waals surface area contributed by atoms with E-state index in [2.05, 4.69) is 5.32 Å². The van der Waals surface area contributed by atoms with Gasteiger partial charge in [-0.25, -0.2) is 9.97 Å². The van der Waals surface area contributed by atoms with Crippen molar-refractivity contribution in [1.82, 2.24) is 9.97 Å². The van der Waals surface area contributed by atoms with Crippen molar-refractivity contribution in [3.8, 4) is 17.0 Å². The van der Waals surface area contributed by atoms with E-state index in [-0.39, 0.29) is 12.3 Å². The Balaban J connectivity index is 1.54. The maximum atomic E-state index is 12.9. The predicted molar refractivity (Wildman–Crippen MR) is 135 cm³/mol. The number of methoxy groups -OCH3 is 1. The third kappa shape index (κ3) is 4.79. The highest BCUT2D eigenvalue weighted by atomic mass is 16.5. The highest BCUT2D eigenvalue weighted by molar-refractivity contribution is 5.92. The molecule has 1 amide bonds. The quantitative estimate of drug-likeness (QED) is 0.426. The Bertz CT molecular complexity index is 1370. The molecule has 4 aromatic rings. The third-order valence-electron chi connectivity index (χ3n) is 6.31. The van der Waals surface area contributed by atoms with Crippen LogP contribution in [-0.4, -0.2) is 28.1 Å². The summed E-state index contributed by atoms with van der Waals surface area (Å²) < 4.78 is 5.38. The number of benzene rings is 3. The molecule has 0 radical (unpaired) electrons. The molecule has 0 saturated carbocycles. The molecule has 0 spiro atoms. The summed E-state index contributed by atoms with van der Waals surface area (Å²) in [5.74, 6) is 0.893. The zero-order chi connectivity index (χ0) is 24.4. The second kappa shape index (κ2) is 9.68. The smallest absolute Gasteiger partial charge is 0.229 e. The number of fused-ring (bicyclic) bond motifs is 3. The number of aliphatic hydroxyl groups is 1. The van der Waals surface area contributed by atoms with Crippen LogP contribution in [0.2, 0.25) is 0 Å².